The van der Waals surface area contributed by atoms with Crippen molar-refractivity contribution in [1.29, 1.82) is 0 Å². The third-order valence-electron chi connectivity index (χ3n) is 6.29. The molecule has 1 fully saturated rings. The third-order valence-corrected chi connectivity index (χ3v) is 6.29. The first kappa shape index (κ1) is 28.6. The summed E-state index contributed by atoms with van der Waals surface area (Å²) in [7, 11) is 3.62. The first-order valence-electron chi connectivity index (χ1n) is 12.8. The molecular weight excluding hydrogens is 554 g/mol. The van der Waals surface area contributed by atoms with E-state index < -0.39 is 41.8 Å². The van der Waals surface area contributed by atoms with E-state index in [0.717, 1.165) is 6.07 Å². The minimum atomic E-state index is -1.39. The molecule has 1 atom stereocenters. The van der Waals surface area contributed by atoms with Crippen LogP contribution in [0, 0.1) is 0 Å². The lowest BCUT2D eigenvalue weighted by atomic mass is 10.1. The van der Waals surface area contributed by atoms with E-state index in [9.17, 15) is 24.3 Å². The van der Waals surface area contributed by atoms with Crippen molar-refractivity contribution in [1.82, 2.24) is 0 Å². The molecular formula is C29H27NO12. The summed E-state index contributed by atoms with van der Waals surface area (Å²) in [6, 6.07) is 9.92. The number of fused-ring (bicyclic) bond motifs is 2. The number of benzene rings is 2. The van der Waals surface area contributed by atoms with Gasteiger partial charge in [0, 0.05) is 51.0 Å². The fourth-order valence-electron chi connectivity index (χ4n) is 4.36. The zero-order valence-electron chi connectivity index (χ0n) is 23.1. The van der Waals surface area contributed by atoms with Crippen LogP contribution < -0.4 is 25.2 Å². The second-order valence-corrected chi connectivity index (χ2v) is 9.66. The predicted octanol–water partition coefficient (Wildman–Crippen LogP) is 3.44. The van der Waals surface area contributed by atoms with Gasteiger partial charge in [-0.1, -0.05) is 6.07 Å². The summed E-state index contributed by atoms with van der Waals surface area (Å²) in [6.45, 7) is 2.48. The molecule has 0 amide bonds. The molecule has 0 spiro atoms. The Morgan fingerprint density at radius 1 is 0.929 bits per heavy atom. The van der Waals surface area contributed by atoms with E-state index in [2.05, 4.69) is 0 Å². The molecule has 13 heteroatoms. The van der Waals surface area contributed by atoms with Crippen LogP contribution in [-0.4, -0.2) is 56.7 Å². The van der Waals surface area contributed by atoms with E-state index in [4.69, 9.17) is 32.5 Å². The zero-order valence-corrected chi connectivity index (χ0v) is 23.1. The van der Waals surface area contributed by atoms with Crippen molar-refractivity contribution < 1.29 is 47.2 Å². The highest BCUT2D eigenvalue weighted by atomic mass is 16.9. The van der Waals surface area contributed by atoms with Crippen LogP contribution in [0.4, 0.5) is 5.69 Å². The Bertz CT molecular complexity index is 1780. The van der Waals surface area contributed by atoms with Crippen molar-refractivity contribution in [3.05, 3.63) is 74.4 Å². The monoisotopic (exact) mass is 581 g/mol. The number of carbonyl (C=O) groups is 2. The van der Waals surface area contributed by atoms with Gasteiger partial charge < -0.3 is 42.5 Å². The fourth-order valence-corrected chi connectivity index (χ4v) is 4.36. The van der Waals surface area contributed by atoms with Gasteiger partial charge in [0.2, 0.25) is 12.1 Å². The molecule has 0 radical (unpaired) electrons. The molecule has 0 saturated carbocycles. The molecule has 13 nitrogen and oxygen atoms in total. The van der Waals surface area contributed by atoms with Gasteiger partial charge in [-0.3, -0.25) is 14.4 Å². The van der Waals surface area contributed by atoms with Crippen LogP contribution >= 0.6 is 0 Å². The normalized spacial score (nSPS) is 17.0. The molecule has 0 bridgehead atoms. The Kier molecular flexibility index (Phi) is 7.87. The van der Waals surface area contributed by atoms with Gasteiger partial charge in [-0.05, 0) is 19.1 Å². The number of carbonyl (C=O) groups excluding carboxylic acids is 1. The van der Waals surface area contributed by atoms with Crippen LogP contribution in [0.15, 0.2) is 60.9 Å². The minimum Gasteiger partial charge on any atom is -0.489 e. The summed E-state index contributed by atoms with van der Waals surface area (Å²) >= 11 is 0. The Hall–Kier alpha value is -4.88. The number of anilines is 1. The number of carboxylic acids is 1. The fraction of sp³-hybridized carbons (Fsp3) is 0.310. The Labute approximate surface area is 237 Å². The summed E-state index contributed by atoms with van der Waals surface area (Å²) in [6.07, 6.45) is -2.16. The molecule has 2 aromatic carbocycles. The van der Waals surface area contributed by atoms with Crippen molar-refractivity contribution in [2.45, 2.75) is 32.5 Å². The van der Waals surface area contributed by atoms with Gasteiger partial charge in [0.25, 0.3) is 0 Å². The van der Waals surface area contributed by atoms with Crippen LogP contribution in [0.3, 0.4) is 0 Å². The molecule has 1 aliphatic heterocycles. The maximum absolute atomic E-state index is 13.1. The second-order valence-electron chi connectivity index (χ2n) is 9.66. The number of hydrogen-bond donors (Lipinski definition) is 1. The predicted molar refractivity (Wildman–Crippen MR) is 147 cm³/mol. The lowest BCUT2D eigenvalue weighted by molar-refractivity contribution is -0.387. The number of carboxylic acid groups (broad SMARTS) is 1. The van der Waals surface area contributed by atoms with E-state index in [1.165, 1.54) is 31.2 Å². The minimum absolute atomic E-state index is 0.0166. The molecule has 4 aromatic rings. The van der Waals surface area contributed by atoms with Gasteiger partial charge >= 0.3 is 11.9 Å². The second kappa shape index (κ2) is 11.5. The highest BCUT2D eigenvalue weighted by Crippen LogP contribution is 2.35. The van der Waals surface area contributed by atoms with Crippen molar-refractivity contribution in [2.24, 2.45) is 0 Å². The molecule has 220 valence electrons. The third kappa shape index (κ3) is 5.92. The SMILES string of the molecule is CC(=O)OC(COc1cccc2oc(C(=O)O)cc(=O)c12)COc1cc(N(C)C)cc2oc(C3OC(C)O3)cc(=O)c12. The number of ether oxygens (including phenoxy) is 5. The Morgan fingerprint density at radius 3 is 2.24 bits per heavy atom. The average molecular weight is 582 g/mol. The van der Waals surface area contributed by atoms with Gasteiger partial charge in [-0.15, -0.1) is 0 Å². The van der Waals surface area contributed by atoms with E-state index in [1.54, 1.807) is 24.0 Å². The van der Waals surface area contributed by atoms with Gasteiger partial charge in [0.05, 0.1) is 0 Å². The quantitative estimate of drug-likeness (QED) is 0.271. The van der Waals surface area contributed by atoms with Crippen LogP contribution in [0.1, 0.15) is 36.5 Å². The standard InChI is InChI=1S/C29H27NO12/c1-14(31)38-17(12-36-20-6-5-7-21-26(20)18(32)10-24(41-21)28(34)35)13-37-22-8-16(30(3)4)9-23-27(22)19(33)11-25(42-23)29-39-15(2)40-29/h5-11,15,17,29H,12-13H2,1-4H3,(H,34,35). The summed E-state index contributed by atoms with van der Waals surface area (Å²) in [5.41, 5.74) is -0.0708. The summed E-state index contributed by atoms with van der Waals surface area (Å²) in [5, 5.41) is 9.37. The van der Waals surface area contributed by atoms with Crippen molar-refractivity contribution in [3.8, 4) is 11.5 Å². The lowest BCUT2D eigenvalue weighted by Gasteiger charge is -2.32. The van der Waals surface area contributed by atoms with E-state index in [-0.39, 0.29) is 57.8 Å². The van der Waals surface area contributed by atoms with Crippen molar-refractivity contribution in [3.63, 3.8) is 0 Å². The number of rotatable bonds is 10. The molecule has 1 saturated heterocycles. The maximum atomic E-state index is 13.1. The van der Waals surface area contributed by atoms with Crippen LogP contribution in [0.2, 0.25) is 0 Å². The van der Waals surface area contributed by atoms with Crippen LogP contribution in [0.5, 0.6) is 11.5 Å². The zero-order chi connectivity index (χ0) is 30.1. The molecule has 1 aliphatic rings. The molecule has 3 heterocycles. The van der Waals surface area contributed by atoms with Crippen LogP contribution in [-0.2, 0) is 19.0 Å². The van der Waals surface area contributed by atoms with Gasteiger partial charge in [-0.2, -0.15) is 0 Å². The van der Waals surface area contributed by atoms with Crippen molar-refractivity contribution >= 4 is 39.6 Å². The van der Waals surface area contributed by atoms with Gasteiger partial charge in [0.1, 0.15) is 46.7 Å². The van der Waals surface area contributed by atoms with Gasteiger partial charge in [0.15, 0.2) is 29.0 Å². The molecule has 2 aromatic heterocycles. The van der Waals surface area contributed by atoms with Crippen molar-refractivity contribution in [2.75, 3.05) is 32.2 Å². The lowest BCUT2D eigenvalue weighted by Crippen LogP contribution is -2.32. The first-order valence-corrected chi connectivity index (χ1v) is 12.8. The molecule has 1 unspecified atom stereocenters. The Morgan fingerprint density at radius 2 is 1.60 bits per heavy atom. The molecule has 5 rings (SSSR count). The number of aromatic carboxylic acids is 1. The van der Waals surface area contributed by atoms with Crippen LogP contribution in [0.25, 0.3) is 21.9 Å². The highest BCUT2D eigenvalue weighted by Gasteiger charge is 2.32. The summed E-state index contributed by atoms with van der Waals surface area (Å²) < 4.78 is 39.3. The maximum Gasteiger partial charge on any atom is 0.371 e. The molecule has 0 aliphatic carbocycles. The topological polar surface area (TPSA) is 164 Å². The first-order chi connectivity index (χ1) is 20.0. The van der Waals surface area contributed by atoms with E-state index >= 15 is 0 Å². The highest BCUT2D eigenvalue weighted by molar-refractivity contribution is 5.89. The molecule has 1 N–H and O–H groups in total. The number of hydrogen-bond acceptors (Lipinski definition) is 12. The number of nitrogens with zero attached hydrogens (tertiary/aromatic N) is 1. The largest absolute Gasteiger partial charge is 0.489 e. The van der Waals surface area contributed by atoms with E-state index in [0.29, 0.717) is 5.69 Å². The summed E-state index contributed by atoms with van der Waals surface area (Å²) in [5.74, 6) is -2.01. The van der Waals surface area contributed by atoms with Gasteiger partial charge in [-0.25, -0.2) is 4.79 Å². The smallest absolute Gasteiger partial charge is 0.371 e. The molecule has 42 heavy (non-hydrogen) atoms. The average Bonchev–Trinajstić information content (AvgIpc) is 2.91. The summed E-state index contributed by atoms with van der Waals surface area (Å²) in [4.78, 5) is 50.7. The van der Waals surface area contributed by atoms with E-state index in [1.807, 2.05) is 14.1 Å². The number of esters is 1. The Balaban J connectivity index is 1.41.